The molecule has 0 aromatic rings. The second-order valence-corrected chi connectivity index (χ2v) is 12.0. The first-order valence-electron chi connectivity index (χ1n) is 17.6. The van der Waals surface area contributed by atoms with Crippen molar-refractivity contribution in [1.82, 2.24) is 0 Å². The second-order valence-electron chi connectivity index (χ2n) is 12.0. The Balaban J connectivity index is 3.49. The minimum atomic E-state index is -0.759. The second kappa shape index (κ2) is 32.4. The molecular formula is C35H68O5. The van der Waals surface area contributed by atoms with Crippen LogP contribution in [0.15, 0.2) is 0 Å². The molecule has 238 valence electrons. The van der Waals surface area contributed by atoms with Gasteiger partial charge in [0.1, 0.15) is 6.61 Å². The Morgan fingerprint density at radius 3 is 1.10 bits per heavy atom. The van der Waals surface area contributed by atoms with Crippen molar-refractivity contribution >= 4 is 11.9 Å². The van der Waals surface area contributed by atoms with Crippen molar-refractivity contribution in [2.75, 3.05) is 13.2 Å². The molecule has 0 heterocycles. The molecule has 1 unspecified atom stereocenters. The van der Waals surface area contributed by atoms with E-state index in [9.17, 15) is 14.7 Å². The highest BCUT2D eigenvalue weighted by molar-refractivity contribution is 5.70. The molecule has 0 saturated heterocycles. The lowest BCUT2D eigenvalue weighted by molar-refractivity contribution is -0.161. The molecule has 0 aliphatic rings. The van der Waals surface area contributed by atoms with Crippen molar-refractivity contribution in [2.24, 2.45) is 0 Å². The van der Waals surface area contributed by atoms with Gasteiger partial charge < -0.3 is 14.6 Å². The number of aliphatic hydroxyl groups excluding tert-OH is 1. The van der Waals surface area contributed by atoms with E-state index in [0.29, 0.717) is 12.8 Å². The van der Waals surface area contributed by atoms with Gasteiger partial charge in [0.05, 0.1) is 6.61 Å². The third-order valence-corrected chi connectivity index (χ3v) is 7.90. The highest BCUT2D eigenvalue weighted by Gasteiger charge is 2.16. The average molecular weight is 569 g/mol. The molecule has 0 aromatic carbocycles. The maximum Gasteiger partial charge on any atom is 0.306 e. The van der Waals surface area contributed by atoms with Crippen molar-refractivity contribution < 1.29 is 24.2 Å². The van der Waals surface area contributed by atoms with E-state index in [0.717, 1.165) is 32.1 Å². The van der Waals surface area contributed by atoms with Gasteiger partial charge in [-0.2, -0.15) is 0 Å². The van der Waals surface area contributed by atoms with Gasteiger partial charge in [-0.15, -0.1) is 0 Å². The van der Waals surface area contributed by atoms with Gasteiger partial charge >= 0.3 is 11.9 Å². The fourth-order valence-electron chi connectivity index (χ4n) is 5.20. The molecule has 0 aromatic heterocycles. The Hall–Kier alpha value is -1.10. The molecule has 0 spiro atoms. The molecule has 0 amide bonds. The lowest BCUT2D eigenvalue weighted by Gasteiger charge is -2.15. The van der Waals surface area contributed by atoms with Crippen LogP contribution >= 0.6 is 0 Å². The number of carbonyl (C=O) groups excluding carboxylic acids is 2. The molecular weight excluding hydrogens is 500 g/mol. The predicted octanol–water partition coefficient (Wildman–Crippen LogP) is 10.4. The molecule has 0 rings (SSSR count). The van der Waals surface area contributed by atoms with Gasteiger partial charge in [0.25, 0.3) is 0 Å². The van der Waals surface area contributed by atoms with Crippen LogP contribution in [0.3, 0.4) is 0 Å². The molecule has 0 aliphatic heterocycles. The zero-order chi connectivity index (χ0) is 29.4. The SMILES string of the molecule is CCCCCCCCCCCCCCCCCCCC(=O)OCC(CO)OC(=O)CCCCCCCCCCC. The maximum absolute atomic E-state index is 12.0. The zero-order valence-electron chi connectivity index (χ0n) is 26.9. The van der Waals surface area contributed by atoms with Gasteiger partial charge in [-0.1, -0.05) is 168 Å². The van der Waals surface area contributed by atoms with Gasteiger partial charge in [-0.25, -0.2) is 0 Å². The van der Waals surface area contributed by atoms with Gasteiger partial charge in [-0.3, -0.25) is 9.59 Å². The molecule has 40 heavy (non-hydrogen) atoms. The molecule has 5 heteroatoms. The molecule has 1 atom stereocenters. The zero-order valence-corrected chi connectivity index (χ0v) is 26.9. The number of carbonyl (C=O) groups is 2. The summed E-state index contributed by atoms with van der Waals surface area (Å²) in [5, 5.41) is 9.48. The van der Waals surface area contributed by atoms with E-state index < -0.39 is 6.10 Å². The summed E-state index contributed by atoms with van der Waals surface area (Å²) < 4.78 is 10.5. The van der Waals surface area contributed by atoms with Crippen LogP contribution < -0.4 is 0 Å². The van der Waals surface area contributed by atoms with Gasteiger partial charge in [0, 0.05) is 12.8 Å². The summed E-state index contributed by atoms with van der Waals surface area (Å²) in [6.07, 6.45) is 33.0. The first kappa shape index (κ1) is 38.9. The van der Waals surface area contributed by atoms with Crippen molar-refractivity contribution in [3.8, 4) is 0 Å². The number of ether oxygens (including phenoxy) is 2. The standard InChI is InChI=1S/C35H68O5/c1-3-5-7-9-11-13-14-15-16-17-18-19-20-22-23-25-27-29-34(37)39-32-33(31-36)40-35(38)30-28-26-24-21-12-10-8-6-4-2/h33,36H,3-32H2,1-2H3. The van der Waals surface area contributed by atoms with Gasteiger partial charge in [0.2, 0.25) is 0 Å². The molecule has 0 saturated carbocycles. The summed E-state index contributed by atoms with van der Waals surface area (Å²) in [5.74, 6) is -0.583. The van der Waals surface area contributed by atoms with Crippen LogP contribution in [-0.2, 0) is 19.1 Å². The molecule has 1 N–H and O–H groups in total. The van der Waals surface area contributed by atoms with E-state index >= 15 is 0 Å². The maximum atomic E-state index is 12.0. The lowest BCUT2D eigenvalue weighted by atomic mass is 10.0. The number of hydrogen-bond acceptors (Lipinski definition) is 5. The van der Waals surface area contributed by atoms with E-state index in [2.05, 4.69) is 13.8 Å². The van der Waals surface area contributed by atoms with Crippen LogP contribution in [0.1, 0.15) is 194 Å². The van der Waals surface area contributed by atoms with Crippen LogP contribution in [0.25, 0.3) is 0 Å². The molecule has 0 bridgehead atoms. The Labute approximate surface area is 248 Å². The van der Waals surface area contributed by atoms with Crippen molar-refractivity contribution in [3.05, 3.63) is 0 Å². The van der Waals surface area contributed by atoms with E-state index in [1.165, 1.54) is 135 Å². The number of unbranched alkanes of at least 4 members (excludes halogenated alkanes) is 24. The number of aliphatic hydroxyl groups is 1. The Kier molecular flexibility index (Phi) is 31.5. The van der Waals surface area contributed by atoms with E-state index in [4.69, 9.17) is 9.47 Å². The fraction of sp³-hybridized carbons (Fsp3) is 0.943. The van der Waals surface area contributed by atoms with Crippen LogP contribution in [0.4, 0.5) is 0 Å². The van der Waals surface area contributed by atoms with Crippen LogP contribution in [0.2, 0.25) is 0 Å². The lowest BCUT2D eigenvalue weighted by Crippen LogP contribution is -2.28. The first-order valence-corrected chi connectivity index (χ1v) is 17.6. The van der Waals surface area contributed by atoms with Crippen molar-refractivity contribution in [2.45, 2.75) is 200 Å². The number of esters is 2. The normalized spacial score (nSPS) is 12.0. The summed E-state index contributed by atoms with van der Waals surface area (Å²) >= 11 is 0. The predicted molar refractivity (Wildman–Crippen MR) is 169 cm³/mol. The van der Waals surface area contributed by atoms with Crippen molar-refractivity contribution in [1.29, 1.82) is 0 Å². The quantitative estimate of drug-likeness (QED) is 0.0645. The fourth-order valence-corrected chi connectivity index (χ4v) is 5.20. The molecule has 5 nitrogen and oxygen atoms in total. The Bertz CT molecular complexity index is 536. The number of rotatable bonds is 32. The summed E-state index contributed by atoms with van der Waals surface area (Å²) in [6.45, 7) is 4.12. The van der Waals surface area contributed by atoms with Crippen molar-refractivity contribution in [3.63, 3.8) is 0 Å². The van der Waals surface area contributed by atoms with Gasteiger partial charge in [-0.05, 0) is 12.8 Å². The highest BCUT2D eigenvalue weighted by atomic mass is 16.6. The van der Waals surface area contributed by atoms with Crippen LogP contribution in [-0.4, -0.2) is 36.4 Å². The van der Waals surface area contributed by atoms with E-state index in [-0.39, 0.29) is 25.2 Å². The molecule has 0 fully saturated rings. The number of hydrogen-bond donors (Lipinski definition) is 1. The minimum Gasteiger partial charge on any atom is -0.462 e. The van der Waals surface area contributed by atoms with E-state index in [1.807, 2.05) is 0 Å². The third-order valence-electron chi connectivity index (χ3n) is 7.90. The van der Waals surface area contributed by atoms with Crippen LogP contribution in [0, 0.1) is 0 Å². The summed E-state index contributed by atoms with van der Waals surface area (Å²) in [5.41, 5.74) is 0. The average Bonchev–Trinajstić information content (AvgIpc) is 2.96. The molecule has 0 radical (unpaired) electrons. The van der Waals surface area contributed by atoms with E-state index in [1.54, 1.807) is 0 Å². The third kappa shape index (κ3) is 29.9. The summed E-state index contributed by atoms with van der Waals surface area (Å²) in [7, 11) is 0. The summed E-state index contributed by atoms with van der Waals surface area (Å²) in [6, 6.07) is 0. The van der Waals surface area contributed by atoms with Gasteiger partial charge in [0.15, 0.2) is 6.10 Å². The largest absolute Gasteiger partial charge is 0.462 e. The van der Waals surface area contributed by atoms with Crippen LogP contribution in [0.5, 0.6) is 0 Å². The first-order chi connectivity index (χ1) is 19.6. The smallest absolute Gasteiger partial charge is 0.306 e. The monoisotopic (exact) mass is 569 g/mol. The topological polar surface area (TPSA) is 72.8 Å². The Morgan fingerprint density at radius 1 is 0.475 bits per heavy atom. The summed E-state index contributed by atoms with van der Waals surface area (Å²) in [4.78, 5) is 24.1. The minimum absolute atomic E-state index is 0.0577. The highest BCUT2D eigenvalue weighted by Crippen LogP contribution is 2.15. The molecule has 0 aliphatic carbocycles. The Morgan fingerprint density at radius 2 is 0.775 bits per heavy atom.